The molecule has 7 heteroatoms. The minimum absolute atomic E-state index is 0.188. The zero-order chi connectivity index (χ0) is 15.6. The Morgan fingerprint density at radius 1 is 1.05 bits per heavy atom. The first kappa shape index (κ1) is 15.4. The molecule has 0 atom stereocenters. The topological polar surface area (TPSA) is 67.3 Å². The summed E-state index contributed by atoms with van der Waals surface area (Å²) in [5, 5.41) is 9.49. The molecule has 1 heterocycles. The quantitative estimate of drug-likeness (QED) is 0.925. The van der Waals surface area contributed by atoms with Gasteiger partial charge in [-0.15, -0.1) is 0 Å². The molecule has 1 aromatic carbocycles. The van der Waals surface area contributed by atoms with Crippen LogP contribution in [-0.4, -0.2) is 26.3 Å². The Bertz CT molecular complexity index is 720. The Morgan fingerprint density at radius 3 is 2.19 bits per heavy atom. The first-order valence-corrected chi connectivity index (χ1v) is 6.61. The summed E-state index contributed by atoms with van der Waals surface area (Å²) in [6, 6.07) is 5.40. The van der Waals surface area contributed by atoms with E-state index >= 15 is 0 Å². The van der Waals surface area contributed by atoms with Crippen molar-refractivity contribution in [2.24, 2.45) is 0 Å². The SMILES string of the molecule is COc1ccc(-c2c(Cl)[nH]c(C#N)c2Cl)c(OC)c1OC. The van der Waals surface area contributed by atoms with Crippen molar-refractivity contribution in [1.82, 2.24) is 4.98 Å². The van der Waals surface area contributed by atoms with Gasteiger partial charge >= 0.3 is 0 Å². The monoisotopic (exact) mass is 326 g/mol. The Labute approximate surface area is 131 Å². The van der Waals surface area contributed by atoms with Crippen LogP contribution in [0.5, 0.6) is 17.2 Å². The summed E-state index contributed by atoms with van der Waals surface area (Å²) in [7, 11) is 4.53. The highest BCUT2D eigenvalue weighted by atomic mass is 35.5. The standard InChI is InChI=1S/C14H12Cl2N2O3/c1-19-9-5-4-7(12(20-2)13(9)21-3)10-11(15)8(6-17)18-14(10)16/h4-5,18H,1-3H3. The Morgan fingerprint density at radius 2 is 1.71 bits per heavy atom. The molecule has 2 aromatic rings. The molecule has 0 fully saturated rings. The number of nitriles is 1. The highest BCUT2D eigenvalue weighted by molar-refractivity contribution is 6.40. The molecule has 0 aliphatic rings. The van der Waals surface area contributed by atoms with E-state index in [2.05, 4.69) is 4.98 Å². The van der Waals surface area contributed by atoms with Gasteiger partial charge in [0, 0.05) is 11.1 Å². The van der Waals surface area contributed by atoms with Gasteiger partial charge in [0.25, 0.3) is 0 Å². The first-order chi connectivity index (χ1) is 10.1. The third-order valence-corrected chi connectivity index (χ3v) is 3.64. The maximum absolute atomic E-state index is 9.01. The molecular weight excluding hydrogens is 315 g/mol. The van der Waals surface area contributed by atoms with E-state index < -0.39 is 0 Å². The third kappa shape index (κ3) is 2.48. The summed E-state index contributed by atoms with van der Waals surface area (Å²) >= 11 is 12.3. The van der Waals surface area contributed by atoms with Gasteiger partial charge in [-0.25, -0.2) is 0 Å². The van der Waals surface area contributed by atoms with Gasteiger partial charge in [0.05, 0.1) is 26.4 Å². The summed E-state index contributed by atoms with van der Waals surface area (Å²) in [5.74, 6) is 1.36. The van der Waals surface area contributed by atoms with Crippen molar-refractivity contribution in [1.29, 1.82) is 5.26 Å². The number of hydrogen-bond donors (Lipinski definition) is 1. The number of nitrogens with zero attached hydrogens (tertiary/aromatic N) is 1. The Balaban J connectivity index is 2.76. The molecule has 1 aromatic heterocycles. The predicted molar refractivity (Wildman–Crippen MR) is 80.6 cm³/mol. The van der Waals surface area contributed by atoms with Crippen LogP contribution in [0.4, 0.5) is 0 Å². The van der Waals surface area contributed by atoms with Gasteiger partial charge in [0.2, 0.25) is 5.75 Å². The van der Waals surface area contributed by atoms with Crippen LogP contribution in [0.3, 0.4) is 0 Å². The molecule has 2 rings (SSSR count). The number of benzene rings is 1. The lowest BCUT2D eigenvalue weighted by Gasteiger charge is -2.15. The maximum Gasteiger partial charge on any atom is 0.203 e. The van der Waals surface area contributed by atoms with Crippen molar-refractivity contribution in [2.45, 2.75) is 0 Å². The fourth-order valence-corrected chi connectivity index (χ4v) is 2.69. The molecule has 110 valence electrons. The molecule has 21 heavy (non-hydrogen) atoms. The molecular formula is C14H12Cl2N2O3. The van der Waals surface area contributed by atoms with E-state index in [0.717, 1.165) is 0 Å². The van der Waals surface area contributed by atoms with Crippen LogP contribution in [0.2, 0.25) is 10.2 Å². The summed E-state index contributed by atoms with van der Waals surface area (Å²) in [6.45, 7) is 0. The highest BCUT2D eigenvalue weighted by Gasteiger charge is 2.23. The molecule has 0 saturated carbocycles. The largest absolute Gasteiger partial charge is 0.493 e. The summed E-state index contributed by atoms with van der Waals surface area (Å²) in [4.78, 5) is 2.72. The van der Waals surface area contributed by atoms with E-state index in [4.69, 9.17) is 42.7 Å². The first-order valence-electron chi connectivity index (χ1n) is 5.85. The van der Waals surface area contributed by atoms with E-state index in [1.165, 1.54) is 21.3 Å². The van der Waals surface area contributed by atoms with E-state index in [0.29, 0.717) is 28.4 Å². The van der Waals surface area contributed by atoms with Crippen LogP contribution in [0.25, 0.3) is 11.1 Å². The van der Waals surface area contributed by atoms with Crippen molar-refractivity contribution in [2.75, 3.05) is 21.3 Å². The summed E-state index contributed by atoms with van der Waals surface area (Å²) in [6.07, 6.45) is 0. The van der Waals surface area contributed by atoms with Crippen LogP contribution in [0, 0.1) is 11.3 Å². The van der Waals surface area contributed by atoms with Gasteiger partial charge in [-0.2, -0.15) is 5.26 Å². The van der Waals surface area contributed by atoms with Crippen molar-refractivity contribution in [3.05, 3.63) is 28.0 Å². The van der Waals surface area contributed by atoms with Crippen LogP contribution >= 0.6 is 23.2 Å². The molecule has 5 nitrogen and oxygen atoms in total. The Hall–Kier alpha value is -2.03. The van der Waals surface area contributed by atoms with Gasteiger partial charge in [0.15, 0.2) is 11.5 Å². The molecule has 0 aliphatic carbocycles. The number of methoxy groups -OCH3 is 3. The van der Waals surface area contributed by atoms with Crippen molar-refractivity contribution < 1.29 is 14.2 Å². The second-order valence-corrected chi connectivity index (χ2v) is 4.75. The highest BCUT2D eigenvalue weighted by Crippen LogP contribution is 2.48. The molecule has 0 unspecified atom stereocenters. The number of H-pyrrole nitrogens is 1. The third-order valence-electron chi connectivity index (χ3n) is 2.98. The number of aromatic amines is 1. The molecule has 0 amide bonds. The van der Waals surface area contributed by atoms with Gasteiger partial charge in [-0.3, -0.25) is 0 Å². The lowest BCUT2D eigenvalue weighted by atomic mass is 10.1. The second kappa shape index (κ2) is 6.17. The van der Waals surface area contributed by atoms with Gasteiger partial charge in [-0.1, -0.05) is 23.2 Å². The lowest BCUT2D eigenvalue weighted by Crippen LogP contribution is -1.97. The molecule has 0 aliphatic heterocycles. The van der Waals surface area contributed by atoms with Gasteiger partial charge < -0.3 is 19.2 Å². The van der Waals surface area contributed by atoms with Crippen LogP contribution in [-0.2, 0) is 0 Å². The van der Waals surface area contributed by atoms with E-state index in [1.807, 2.05) is 6.07 Å². The lowest BCUT2D eigenvalue weighted by molar-refractivity contribution is 0.325. The van der Waals surface area contributed by atoms with Crippen LogP contribution in [0.15, 0.2) is 12.1 Å². The fourth-order valence-electron chi connectivity index (χ4n) is 2.06. The van der Waals surface area contributed by atoms with Crippen LogP contribution in [0.1, 0.15) is 5.69 Å². The zero-order valence-corrected chi connectivity index (χ0v) is 13.1. The molecule has 1 N–H and O–H groups in total. The van der Waals surface area contributed by atoms with E-state index in [-0.39, 0.29) is 15.9 Å². The van der Waals surface area contributed by atoms with Crippen molar-refractivity contribution in [3.8, 4) is 34.4 Å². The normalized spacial score (nSPS) is 10.1. The van der Waals surface area contributed by atoms with Gasteiger partial charge in [-0.05, 0) is 12.1 Å². The summed E-state index contributed by atoms with van der Waals surface area (Å²) in [5.41, 5.74) is 1.27. The minimum atomic E-state index is 0.188. The maximum atomic E-state index is 9.01. The van der Waals surface area contributed by atoms with E-state index in [1.54, 1.807) is 12.1 Å². The van der Waals surface area contributed by atoms with E-state index in [9.17, 15) is 0 Å². The molecule has 0 radical (unpaired) electrons. The summed E-state index contributed by atoms with van der Waals surface area (Å²) < 4.78 is 15.9. The van der Waals surface area contributed by atoms with Crippen molar-refractivity contribution >= 4 is 23.2 Å². The Kier molecular flexibility index (Phi) is 4.51. The second-order valence-electron chi connectivity index (χ2n) is 4.00. The predicted octanol–water partition coefficient (Wildman–Crippen LogP) is 3.89. The smallest absolute Gasteiger partial charge is 0.203 e. The minimum Gasteiger partial charge on any atom is -0.493 e. The fraction of sp³-hybridized carbons (Fsp3) is 0.214. The average Bonchev–Trinajstić information content (AvgIpc) is 2.79. The molecule has 0 saturated heterocycles. The number of ether oxygens (including phenoxy) is 3. The van der Waals surface area contributed by atoms with Crippen LogP contribution < -0.4 is 14.2 Å². The number of rotatable bonds is 4. The molecule has 0 spiro atoms. The number of halogens is 2. The number of hydrogen-bond acceptors (Lipinski definition) is 4. The number of nitrogens with one attached hydrogen (secondary N) is 1. The van der Waals surface area contributed by atoms with Gasteiger partial charge in [0.1, 0.15) is 16.9 Å². The number of aromatic nitrogens is 1. The zero-order valence-electron chi connectivity index (χ0n) is 11.6. The average molecular weight is 327 g/mol. The molecule has 0 bridgehead atoms. The van der Waals surface area contributed by atoms with Crippen molar-refractivity contribution in [3.63, 3.8) is 0 Å².